The van der Waals surface area contributed by atoms with Gasteiger partial charge in [-0.1, -0.05) is 18.2 Å². The second-order valence-electron chi connectivity index (χ2n) is 8.54. The third-order valence-corrected chi connectivity index (χ3v) is 6.20. The summed E-state index contributed by atoms with van der Waals surface area (Å²) in [6.07, 6.45) is -0.541. The van der Waals surface area contributed by atoms with Crippen molar-refractivity contribution >= 4 is 22.5 Å². The maximum Gasteiger partial charge on any atom is 0.266 e. The Labute approximate surface area is 199 Å². The maximum atomic E-state index is 14.8. The number of nitrogens with one attached hydrogen (secondary N) is 1. The highest BCUT2D eigenvalue weighted by Gasteiger charge is 2.24. The number of hydrogen-bond donors (Lipinski definition) is 1. The van der Waals surface area contributed by atoms with E-state index in [9.17, 15) is 13.2 Å². The number of ether oxygens (including phenoxy) is 3. The van der Waals surface area contributed by atoms with Crippen LogP contribution in [0.15, 0.2) is 36.5 Å². The Hall–Kier alpha value is -3.53. The lowest BCUT2D eigenvalue weighted by atomic mass is 10.0. The van der Waals surface area contributed by atoms with E-state index in [-0.39, 0.29) is 11.7 Å². The quantitative estimate of drug-likeness (QED) is 0.366. The summed E-state index contributed by atoms with van der Waals surface area (Å²) in [5.41, 5.74) is 1.11. The van der Waals surface area contributed by atoms with Crippen LogP contribution in [0.1, 0.15) is 42.6 Å². The van der Waals surface area contributed by atoms with E-state index in [4.69, 9.17) is 14.2 Å². The molecular formula is C25H25F3N4O3. The first-order valence-corrected chi connectivity index (χ1v) is 11.3. The van der Waals surface area contributed by atoms with Crippen LogP contribution >= 0.6 is 0 Å². The SMILES string of the molecule is COc1cc2c(cc1OC1CCOC1)c(NC(C)c1cccc(C(F)F)c1F)nc1ncc(C)n12. The minimum atomic E-state index is -2.91. The Bertz CT molecular complexity index is 1390. The number of imidazole rings is 1. The normalized spacial score (nSPS) is 16.8. The number of alkyl halides is 2. The zero-order chi connectivity index (χ0) is 24.7. The number of nitrogens with zero attached hydrogens (tertiary/aromatic N) is 3. The van der Waals surface area contributed by atoms with Crippen LogP contribution in [-0.2, 0) is 4.74 Å². The Morgan fingerprint density at radius 1 is 1.20 bits per heavy atom. The Balaban J connectivity index is 1.63. The molecule has 2 unspecified atom stereocenters. The summed E-state index contributed by atoms with van der Waals surface area (Å²) < 4.78 is 60.4. The van der Waals surface area contributed by atoms with Crippen LogP contribution in [0.2, 0.25) is 0 Å². The van der Waals surface area contributed by atoms with Crippen LogP contribution in [0.25, 0.3) is 16.7 Å². The van der Waals surface area contributed by atoms with Gasteiger partial charge in [-0.15, -0.1) is 0 Å². The van der Waals surface area contributed by atoms with Gasteiger partial charge < -0.3 is 19.5 Å². The summed E-state index contributed by atoms with van der Waals surface area (Å²) in [6.45, 7) is 4.72. The van der Waals surface area contributed by atoms with Gasteiger partial charge in [0.05, 0.1) is 43.6 Å². The smallest absolute Gasteiger partial charge is 0.266 e. The van der Waals surface area contributed by atoms with Gasteiger partial charge >= 0.3 is 0 Å². The van der Waals surface area contributed by atoms with Crippen LogP contribution < -0.4 is 14.8 Å². The van der Waals surface area contributed by atoms with Crippen molar-refractivity contribution in [3.8, 4) is 11.5 Å². The van der Waals surface area contributed by atoms with Gasteiger partial charge in [-0.2, -0.15) is 4.98 Å². The molecule has 5 rings (SSSR count). The van der Waals surface area contributed by atoms with Crippen molar-refractivity contribution in [1.82, 2.24) is 14.4 Å². The monoisotopic (exact) mass is 486 g/mol. The fourth-order valence-electron chi connectivity index (χ4n) is 4.39. The van der Waals surface area contributed by atoms with Crippen molar-refractivity contribution in [2.45, 2.75) is 38.8 Å². The molecule has 2 atom stereocenters. The molecule has 1 fully saturated rings. The second kappa shape index (κ2) is 9.26. The van der Waals surface area contributed by atoms with E-state index < -0.39 is 23.8 Å². The van der Waals surface area contributed by atoms with E-state index in [1.165, 1.54) is 12.1 Å². The van der Waals surface area contributed by atoms with E-state index in [0.29, 0.717) is 41.7 Å². The lowest BCUT2D eigenvalue weighted by molar-refractivity contribution is 0.139. The van der Waals surface area contributed by atoms with E-state index in [1.54, 1.807) is 20.2 Å². The molecule has 2 aromatic heterocycles. The largest absolute Gasteiger partial charge is 0.493 e. The highest BCUT2D eigenvalue weighted by atomic mass is 19.3. The molecule has 0 spiro atoms. The number of rotatable bonds is 7. The zero-order valence-corrected chi connectivity index (χ0v) is 19.5. The first kappa shape index (κ1) is 23.2. The second-order valence-corrected chi connectivity index (χ2v) is 8.54. The maximum absolute atomic E-state index is 14.8. The minimum absolute atomic E-state index is 0.102. The predicted octanol–water partition coefficient (Wildman–Crippen LogP) is 5.62. The molecule has 3 heterocycles. The molecule has 184 valence electrons. The molecule has 0 amide bonds. The first-order chi connectivity index (χ1) is 16.9. The molecular weight excluding hydrogens is 461 g/mol. The summed E-state index contributed by atoms with van der Waals surface area (Å²) in [6, 6.07) is 7.00. The Morgan fingerprint density at radius 3 is 2.71 bits per heavy atom. The molecule has 1 saturated heterocycles. The number of benzene rings is 2. The van der Waals surface area contributed by atoms with Crippen molar-refractivity contribution in [2.75, 3.05) is 25.6 Å². The van der Waals surface area contributed by atoms with Crippen LogP contribution in [0, 0.1) is 12.7 Å². The average Bonchev–Trinajstić information content (AvgIpc) is 3.48. The van der Waals surface area contributed by atoms with Gasteiger partial charge in [-0.25, -0.2) is 18.2 Å². The molecule has 10 heteroatoms. The van der Waals surface area contributed by atoms with Crippen LogP contribution in [0.4, 0.5) is 19.0 Å². The topological polar surface area (TPSA) is 69.9 Å². The van der Waals surface area contributed by atoms with E-state index in [2.05, 4.69) is 15.3 Å². The van der Waals surface area contributed by atoms with Gasteiger partial charge in [0.2, 0.25) is 5.78 Å². The number of methoxy groups -OCH3 is 1. The number of hydrogen-bond acceptors (Lipinski definition) is 6. The Kier molecular flexibility index (Phi) is 6.14. The molecule has 0 aliphatic carbocycles. The summed E-state index contributed by atoms with van der Waals surface area (Å²) in [5.74, 6) is 0.987. The van der Waals surface area contributed by atoms with Crippen molar-refractivity contribution in [3.63, 3.8) is 0 Å². The molecule has 1 aliphatic heterocycles. The average molecular weight is 486 g/mol. The molecule has 35 heavy (non-hydrogen) atoms. The fraction of sp³-hybridized carbons (Fsp3) is 0.360. The van der Waals surface area contributed by atoms with Gasteiger partial charge in [-0.3, -0.25) is 4.40 Å². The molecule has 0 bridgehead atoms. The number of aromatic nitrogens is 3. The third-order valence-electron chi connectivity index (χ3n) is 6.20. The van der Waals surface area contributed by atoms with E-state index in [1.807, 2.05) is 23.5 Å². The zero-order valence-electron chi connectivity index (χ0n) is 19.5. The van der Waals surface area contributed by atoms with Gasteiger partial charge in [0, 0.05) is 29.1 Å². The van der Waals surface area contributed by atoms with Gasteiger partial charge in [0.15, 0.2) is 11.5 Å². The van der Waals surface area contributed by atoms with Crippen molar-refractivity contribution in [3.05, 3.63) is 59.2 Å². The van der Waals surface area contributed by atoms with Crippen LogP contribution in [0.3, 0.4) is 0 Å². The lowest BCUT2D eigenvalue weighted by Crippen LogP contribution is -2.16. The van der Waals surface area contributed by atoms with Gasteiger partial charge in [-0.05, 0) is 19.9 Å². The molecule has 1 aliphatic rings. The fourth-order valence-corrected chi connectivity index (χ4v) is 4.39. The standard InChI is InChI=1S/C25H25F3N4O3/c1-13-11-29-25-31-24(30-14(2)16-5-4-6-17(22(16)26)23(27)28)18-9-21(35-15-7-8-34-12-15)20(33-3)10-19(18)32(13)25/h4-6,9-11,14-15,23H,7-8,12H2,1-3H3,(H,29,30,31). The third kappa shape index (κ3) is 4.22. The first-order valence-electron chi connectivity index (χ1n) is 11.3. The van der Waals surface area contributed by atoms with E-state index >= 15 is 0 Å². The molecule has 7 nitrogen and oxygen atoms in total. The Morgan fingerprint density at radius 2 is 2.00 bits per heavy atom. The molecule has 4 aromatic rings. The molecule has 0 saturated carbocycles. The summed E-state index contributed by atoms with van der Waals surface area (Å²) in [4.78, 5) is 9.03. The number of anilines is 1. The van der Waals surface area contributed by atoms with Crippen LogP contribution in [-0.4, -0.2) is 40.8 Å². The number of fused-ring (bicyclic) bond motifs is 3. The lowest BCUT2D eigenvalue weighted by Gasteiger charge is -2.21. The number of aryl methyl sites for hydroxylation is 1. The molecule has 1 N–H and O–H groups in total. The molecule has 2 aromatic carbocycles. The van der Waals surface area contributed by atoms with Crippen molar-refractivity contribution in [2.24, 2.45) is 0 Å². The summed E-state index contributed by atoms with van der Waals surface area (Å²) >= 11 is 0. The predicted molar refractivity (Wildman–Crippen MR) is 125 cm³/mol. The van der Waals surface area contributed by atoms with Gasteiger partial charge in [0.25, 0.3) is 6.43 Å². The van der Waals surface area contributed by atoms with Crippen molar-refractivity contribution < 1.29 is 27.4 Å². The van der Waals surface area contributed by atoms with Crippen LogP contribution in [0.5, 0.6) is 11.5 Å². The van der Waals surface area contributed by atoms with E-state index in [0.717, 1.165) is 23.7 Å². The summed E-state index contributed by atoms with van der Waals surface area (Å²) in [5, 5.41) is 3.88. The molecule has 0 radical (unpaired) electrons. The summed E-state index contributed by atoms with van der Waals surface area (Å²) in [7, 11) is 1.57. The van der Waals surface area contributed by atoms with Crippen molar-refractivity contribution in [1.29, 1.82) is 0 Å². The number of halogens is 3. The highest BCUT2D eigenvalue weighted by Crippen LogP contribution is 2.38. The minimum Gasteiger partial charge on any atom is -0.493 e. The van der Waals surface area contributed by atoms with Gasteiger partial charge in [0.1, 0.15) is 17.7 Å². The highest BCUT2D eigenvalue weighted by molar-refractivity contribution is 5.94.